The summed E-state index contributed by atoms with van der Waals surface area (Å²) in [6, 6.07) is 12.1. The normalized spacial score (nSPS) is 21.1. The molecule has 2 atom stereocenters. The fourth-order valence-electron chi connectivity index (χ4n) is 6.25. The number of aliphatic hydroxyl groups is 1. The Labute approximate surface area is 241 Å². The number of hydrogen-bond donors (Lipinski definition) is 3. The summed E-state index contributed by atoms with van der Waals surface area (Å²) in [6.45, 7) is 12.7. The number of furan rings is 1. The number of H-pyrrole nitrogens is 1. The first-order valence-corrected chi connectivity index (χ1v) is 15.0. The van der Waals surface area contributed by atoms with Crippen molar-refractivity contribution in [1.29, 1.82) is 0 Å². The minimum Gasteiger partial charge on any atom is -0.488 e. The maximum absolute atomic E-state index is 13.2. The van der Waals surface area contributed by atoms with Crippen LogP contribution in [0, 0.1) is 19.8 Å². The summed E-state index contributed by atoms with van der Waals surface area (Å²) in [6.07, 6.45) is 4.39. The van der Waals surface area contributed by atoms with Gasteiger partial charge in [0, 0.05) is 67.2 Å². The predicted molar refractivity (Wildman–Crippen MR) is 161 cm³/mol. The molecule has 0 spiro atoms. The number of aromatic nitrogens is 1. The van der Waals surface area contributed by atoms with Crippen LogP contribution in [-0.4, -0.2) is 77.2 Å². The van der Waals surface area contributed by atoms with Gasteiger partial charge in [0.2, 0.25) is 0 Å². The van der Waals surface area contributed by atoms with Crippen molar-refractivity contribution in [2.45, 2.75) is 58.8 Å². The van der Waals surface area contributed by atoms with Gasteiger partial charge in [-0.3, -0.25) is 4.79 Å². The van der Waals surface area contributed by atoms with Gasteiger partial charge in [0.1, 0.15) is 23.6 Å². The first kappa shape index (κ1) is 27.8. The molecule has 0 saturated carbocycles. The van der Waals surface area contributed by atoms with E-state index in [1.807, 2.05) is 24.3 Å². The molecule has 0 aliphatic carbocycles. The molecule has 3 N–H and O–H groups in total. The van der Waals surface area contributed by atoms with E-state index >= 15 is 0 Å². The lowest BCUT2D eigenvalue weighted by atomic mass is 9.97. The van der Waals surface area contributed by atoms with Crippen molar-refractivity contribution in [3.63, 3.8) is 0 Å². The number of rotatable bonds is 8. The highest BCUT2D eigenvalue weighted by molar-refractivity contribution is 5.99. The summed E-state index contributed by atoms with van der Waals surface area (Å²) in [7, 11) is 0. The Kier molecular flexibility index (Phi) is 8.06. The number of piperidine rings is 2. The molecule has 6 rings (SSSR count). The molecule has 2 aromatic carbocycles. The summed E-state index contributed by atoms with van der Waals surface area (Å²) in [5.41, 5.74) is 5.74. The largest absolute Gasteiger partial charge is 0.488 e. The van der Waals surface area contributed by atoms with Gasteiger partial charge in [-0.2, -0.15) is 0 Å². The van der Waals surface area contributed by atoms with Gasteiger partial charge in [0.25, 0.3) is 5.91 Å². The highest BCUT2D eigenvalue weighted by Gasteiger charge is 2.26. The number of nitrogens with zero attached hydrogens (tertiary/aromatic N) is 2. The molecule has 4 aromatic rings. The molecule has 2 aliphatic rings. The third kappa shape index (κ3) is 6.15. The minimum atomic E-state index is -0.154. The van der Waals surface area contributed by atoms with Crippen LogP contribution in [0.25, 0.3) is 21.9 Å². The van der Waals surface area contributed by atoms with E-state index in [1.54, 1.807) is 6.26 Å². The van der Waals surface area contributed by atoms with Gasteiger partial charge in [-0.25, -0.2) is 0 Å². The topological polar surface area (TPSA) is 94.0 Å². The number of ether oxygens (including phenoxy) is 1. The molecular weight excluding hydrogens is 516 g/mol. The van der Waals surface area contributed by atoms with Crippen molar-refractivity contribution < 1.29 is 19.1 Å². The van der Waals surface area contributed by atoms with E-state index in [1.165, 1.54) is 11.1 Å². The van der Waals surface area contributed by atoms with Gasteiger partial charge >= 0.3 is 0 Å². The quantitative estimate of drug-likeness (QED) is 0.282. The molecular formula is C33H42N4O4. The first-order chi connectivity index (χ1) is 19.8. The van der Waals surface area contributed by atoms with Gasteiger partial charge in [0.15, 0.2) is 0 Å². The van der Waals surface area contributed by atoms with Crippen LogP contribution in [0.1, 0.15) is 53.4 Å². The second-order valence-corrected chi connectivity index (χ2v) is 12.1. The predicted octanol–water partition coefficient (Wildman–Crippen LogP) is 5.01. The number of fused-ring (bicyclic) bond motifs is 2. The van der Waals surface area contributed by atoms with Crippen LogP contribution < -0.4 is 10.1 Å². The van der Waals surface area contributed by atoms with Crippen molar-refractivity contribution in [3.05, 3.63) is 65.0 Å². The first-order valence-electron chi connectivity index (χ1n) is 15.0. The molecule has 0 bridgehead atoms. The van der Waals surface area contributed by atoms with E-state index in [0.717, 1.165) is 91.7 Å². The lowest BCUT2D eigenvalue weighted by Crippen LogP contribution is -2.48. The number of aryl methyl sites for hydroxylation is 2. The summed E-state index contributed by atoms with van der Waals surface area (Å²) in [5.74, 6) is 1.02. The van der Waals surface area contributed by atoms with Crippen LogP contribution in [0.5, 0.6) is 5.75 Å². The highest BCUT2D eigenvalue weighted by atomic mass is 16.5. The molecule has 2 aromatic heterocycles. The van der Waals surface area contributed by atoms with Crippen LogP contribution in [0.15, 0.2) is 47.1 Å². The molecule has 41 heavy (non-hydrogen) atoms. The molecule has 2 aliphatic heterocycles. The highest BCUT2D eigenvalue weighted by Crippen LogP contribution is 2.30. The third-order valence-corrected chi connectivity index (χ3v) is 9.12. The summed E-state index contributed by atoms with van der Waals surface area (Å²) < 4.78 is 12.0. The van der Waals surface area contributed by atoms with Crippen LogP contribution in [-0.2, 0) is 6.61 Å². The Bertz CT molecular complexity index is 1520. The standard InChI is InChI=1S/C33H42N4O4/c1-21-15-26-24(20-41-32(26)16-22(21)2)19-40-31-6-4-5-28-27(31)17-29(35-28)33(39)34-25-7-10-36(11-8-25)13-14-37-12-9-30(38)23(3)18-37/h4-6,15-17,20,23,25,30,35,38H,7-14,18-19H2,1-3H3,(H,34,39)/t23?,30-/m0/s1. The van der Waals surface area contributed by atoms with E-state index in [4.69, 9.17) is 9.15 Å². The Hall–Kier alpha value is -3.33. The molecule has 2 fully saturated rings. The van der Waals surface area contributed by atoms with Crippen LogP contribution in [0.2, 0.25) is 0 Å². The fourth-order valence-corrected chi connectivity index (χ4v) is 6.25. The molecule has 8 nitrogen and oxygen atoms in total. The van der Waals surface area contributed by atoms with Gasteiger partial charge in [0.05, 0.1) is 12.4 Å². The lowest BCUT2D eigenvalue weighted by molar-refractivity contribution is 0.0301. The fraction of sp³-hybridized carbons (Fsp3) is 0.485. The molecule has 218 valence electrons. The molecule has 0 radical (unpaired) electrons. The zero-order valence-electron chi connectivity index (χ0n) is 24.4. The number of hydrogen-bond acceptors (Lipinski definition) is 6. The number of likely N-dealkylation sites (tertiary alicyclic amines) is 2. The Morgan fingerprint density at radius 1 is 1.05 bits per heavy atom. The van der Waals surface area contributed by atoms with Gasteiger partial charge < -0.3 is 34.4 Å². The van der Waals surface area contributed by atoms with Crippen LogP contribution in [0.3, 0.4) is 0 Å². The second-order valence-electron chi connectivity index (χ2n) is 12.1. The van der Waals surface area contributed by atoms with Gasteiger partial charge in [-0.15, -0.1) is 0 Å². The van der Waals surface area contributed by atoms with E-state index in [9.17, 15) is 9.90 Å². The molecule has 4 heterocycles. The van der Waals surface area contributed by atoms with Crippen molar-refractivity contribution in [2.75, 3.05) is 39.3 Å². The van der Waals surface area contributed by atoms with E-state index in [0.29, 0.717) is 18.2 Å². The van der Waals surface area contributed by atoms with E-state index in [2.05, 4.69) is 53.0 Å². The number of aromatic amines is 1. The zero-order valence-corrected chi connectivity index (χ0v) is 24.4. The van der Waals surface area contributed by atoms with Crippen LogP contribution >= 0.6 is 0 Å². The number of aliphatic hydroxyl groups excluding tert-OH is 1. The number of carbonyl (C=O) groups is 1. The van der Waals surface area contributed by atoms with Gasteiger partial charge in [-0.1, -0.05) is 13.0 Å². The van der Waals surface area contributed by atoms with Crippen molar-refractivity contribution in [2.24, 2.45) is 5.92 Å². The Balaban J connectivity index is 1.03. The summed E-state index contributed by atoms with van der Waals surface area (Å²) in [5, 5.41) is 15.2. The lowest BCUT2D eigenvalue weighted by Gasteiger charge is -2.37. The Morgan fingerprint density at radius 3 is 2.61 bits per heavy atom. The van der Waals surface area contributed by atoms with Crippen LogP contribution in [0.4, 0.5) is 0 Å². The number of carbonyl (C=O) groups excluding carboxylic acids is 1. The van der Waals surface area contributed by atoms with Gasteiger partial charge in [-0.05, 0) is 80.5 Å². The van der Waals surface area contributed by atoms with E-state index in [-0.39, 0.29) is 18.1 Å². The summed E-state index contributed by atoms with van der Waals surface area (Å²) >= 11 is 0. The van der Waals surface area contributed by atoms with Crippen molar-refractivity contribution in [3.8, 4) is 5.75 Å². The average Bonchev–Trinajstić information content (AvgIpc) is 3.58. The Morgan fingerprint density at radius 2 is 1.80 bits per heavy atom. The monoisotopic (exact) mass is 558 g/mol. The van der Waals surface area contributed by atoms with Crippen molar-refractivity contribution >= 4 is 27.8 Å². The molecule has 2 saturated heterocycles. The summed E-state index contributed by atoms with van der Waals surface area (Å²) in [4.78, 5) is 21.4. The molecule has 8 heteroatoms. The maximum Gasteiger partial charge on any atom is 0.267 e. The third-order valence-electron chi connectivity index (χ3n) is 9.12. The second kappa shape index (κ2) is 11.9. The SMILES string of the molecule is Cc1cc2occ(COc3cccc4[nH]c(C(=O)NC5CCN(CCN6CC[C@H](O)C(C)C6)CC5)cc34)c2cc1C. The van der Waals surface area contributed by atoms with Crippen molar-refractivity contribution in [1.82, 2.24) is 20.1 Å². The minimum absolute atomic E-state index is 0.0712. The number of nitrogens with one attached hydrogen (secondary N) is 2. The smallest absolute Gasteiger partial charge is 0.267 e. The molecule has 1 unspecified atom stereocenters. The maximum atomic E-state index is 13.2. The zero-order chi connectivity index (χ0) is 28.5. The number of amides is 1. The average molecular weight is 559 g/mol. The van der Waals surface area contributed by atoms with E-state index < -0.39 is 0 Å². The molecule has 1 amide bonds. The number of benzene rings is 2.